The molecule has 0 spiro atoms. The van der Waals surface area contributed by atoms with Crippen molar-refractivity contribution in [3.8, 4) is 5.95 Å². The normalized spacial score (nSPS) is 14.0. The molecule has 3 heterocycles. The number of carbonyl (C=O) groups excluding carboxylic acids is 1. The topological polar surface area (TPSA) is 119 Å². The Kier molecular flexibility index (Phi) is 4.85. The number of sulfonamides is 1. The molecule has 0 unspecified atom stereocenters. The number of carbonyl (C=O) groups is 1. The minimum absolute atomic E-state index is 0.155. The summed E-state index contributed by atoms with van der Waals surface area (Å²) in [5, 5.41) is 7.15. The van der Waals surface area contributed by atoms with E-state index in [0.29, 0.717) is 17.7 Å². The zero-order valence-electron chi connectivity index (χ0n) is 15.0. The van der Waals surface area contributed by atoms with Crippen LogP contribution in [-0.2, 0) is 21.4 Å². The summed E-state index contributed by atoms with van der Waals surface area (Å²) in [4.78, 5) is 20.1. The molecule has 146 valence electrons. The molecular weight excluding hydrogens is 400 g/mol. The fraction of sp³-hybridized carbons (Fsp3) is 0.294. The molecule has 11 heteroatoms. The van der Waals surface area contributed by atoms with E-state index in [1.807, 2.05) is 0 Å². The Balaban J connectivity index is 1.62. The second-order valence-corrected chi connectivity index (χ2v) is 9.50. The van der Waals surface area contributed by atoms with Crippen LogP contribution in [0.25, 0.3) is 5.95 Å². The van der Waals surface area contributed by atoms with Gasteiger partial charge < -0.3 is 5.32 Å². The van der Waals surface area contributed by atoms with Gasteiger partial charge in [0, 0.05) is 36.2 Å². The number of nitrogens with one attached hydrogen (secondary N) is 2. The van der Waals surface area contributed by atoms with Gasteiger partial charge in [0.25, 0.3) is 16.0 Å². The Hall–Kier alpha value is -2.79. The van der Waals surface area contributed by atoms with E-state index in [2.05, 4.69) is 25.1 Å². The SMILES string of the molecule is CC(=O)NCc1ccc(S(=O)(=O)Nc2cc(C3CC3)nn2-c2ncccn2)s1. The molecule has 1 aliphatic carbocycles. The molecule has 3 aromatic heterocycles. The van der Waals surface area contributed by atoms with Gasteiger partial charge in [-0.15, -0.1) is 11.3 Å². The summed E-state index contributed by atoms with van der Waals surface area (Å²) < 4.78 is 29.9. The van der Waals surface area contributed by atoms with E-state index in [1.54, 1.807) is 30.6 Å². The van der Waals surface area contributed by atoms with Crippen LogP contribution < -0.4 is 10.0 Å². The molecule has 0 aliphatic heterocycles. The Morgan fingerprint density at radius 1 is 1.29 bits per heavy atom. The summed E-state index contributed by atoms with van der Waals surface area (Å²) >= 11 is 1.10. The van der Waals surface area contributed by atoms with Crippen molar-refractivity contribution < 1.29 is 13.2 Å². The van der Waals surface area contributed by atoms with Gasteiger partial charge in [-0.25, -0.2) is 18.4 Å². The van der Waals surface area contributed by atoms with Crippen LogP contribution in [0, 0.1) is 0 Å². The molecule has 0 bridgehead atoms. The molecule has 0 radical (unpaired) electrons. The monoisotopic (exact) mass is 418 g/mol. The second-order valence-electron chi connectivity index (χ2n) is 6.43. The van der Waals surface area contributed by atoms with Crippen molar-refractivity contribution in [1.82, 2.24) is 25.1 Å². The van der Waals surface area contributed by atoms with Gasteiger partial charge in [0.05, 0.1) is 12.2 Å². The van der Waals surface area contributed by atoms with Gasteiger partial charge in [0.2, 0.25) is 5.91 Å². The van der Waals surface area contributed by atoms with Crippen molar-refractivity contribution in [2.24, 2.45) is 0 Å². The van der Waals surface area contributed by atoms with Crippen LogP contribution in [0.1, 0.15) is 36.3 Å². The summed E-state index contributed by atoms with van der Waals surface area (Å²) in [5.74, 6) is 0.768. The van der Waals surface area contributed by atoms with Crippen LogP contribution in [0.4, 0.5) is 5.82 Å². The van der Waals surface area contributed by atoms with Gasteiger partial charge in [0.15, 0.2) is 0 Å². The molecule has 28 heavy (non-hydrogen) atoms. The predicted molar refractivity (Wildman–Crippen MR) is 104 cm³/mol. The summed E-state index contributed by atoms with van der Waals surface area (Å²) in [6, 6.07) is 6.62. The molecular formula is C17H18N6O3S2. The predicted octanol–water partition coefficient (Wildman–Crippen LogP) is 2.04. The zero-order valence-corrected chi connectivity index (χ0v) is 16.6. The van der Waals surface area contributed by atoms with Crippen LogP contribution >= 0.6 is 11.3 Å². The van der Waals surface area contributed by atoms with Gasteiger partial charge in [-0.3, -0.25) is 9.52 Å². The van der Waals surface area contributed by atoms with E-state index in [4.69, 9.17) is 0 Å². The summed E-state index contributed by atoms with van der Waals surface area (Å²) in [5.41, 5.74) is 0.822. The lowest BCUT2D eigenvalue weighted by atomic mass is 10.3. The number of aromatic nitrogens is 4. The van der Waals surface area contributed by atoms with E-state index >= 15 is 0 Å². The van der Waals surface area contributed by atoms with Gasteiger partial charge in [0.1, 0.15) is 10.0 Å². The van der Waals surface area contributed by atoms with Crippen molar-refractivity contribution in [2.75, 3.05) is 4.72 Å². The highest BCUT2D eigenvalue weighted by atomic mass is 32.2. The lowest BCUT2D eigenvalue weighted by Crippen LogP contribution is -2.18. The molecule has 3 aromatic rings. The summed E-state index contributed by atoms with van der Waals surface area (Å²) in [6.07, 6.45) is 5.23. The first-order valence-corrected chi connectivity index (χ1v) is 11.0. The Morgan fingerprint density at radius 3 is 2.71 bits per heavy atom. The fourth-order valence-corrected chi connectivity index (χ4v) is 4.93. The van der Waals surface area contributed by atoms with Gasteiger partial charge >= 0.3 is 0 Å². The minimum Gasteiger partial charge on any atom is -0.351 e. The maximum atomic E-state index is 12.9. The molecule has 1 fully saturated rings. The molecule has 1 saturated carbocycles. The van der Waals surface area contributed by atoms with Crippen LogP contribution in [0.2, 0.25) is 0 Å². The number of thiophene rings is 1. The largest absolute Gasteiger partial charge is 0.351 e. The average Bonchev–Trinajstić information content (AvgIpc) is 3.25. The number of hydrogen-bond acceptors (Lipinski definition) is 7. The van der Waals surface area contributed by atoms with Crippen molar-refractivity contribution >= 4 is 33.1 Å². The first-order valence-electron chi connectivity index (χ1n) is 8.66. The van der Waals surface area contributed by atoms with E-state index < -0.39 is 10.0 Å². The molecule has 4 rings (SSSR count). The second kappa shape index (κ2) is 7.32. The third-order valence-corrected chi connectivity index (χ3v) is 7.05. The number of rotatable bonds is 7. The molecule has 1 amide bonds. The first kappa shape index (κ1) is 18.6. The van der Waals surface area contributed by atoms with Crippen molar-refractivity contribution in [2.45, 2.75) is 36.4 Å². The molecule has 2 N–H and O–H groups in total. The maximum absolute atomic E-state index is 12.9. The maximum Gasteiger partial charge on any atom is 0.272 e. The fourth-order valence-electron chi connectivity index (χ4n) is 2.60. The highest BCUT2D eigenvalue weighted by Gasteiger charge is 2.29. The standard InChI is InChI=1S/C17H18N6O3S2/c1-11(24)20-10-13-5-6-16(27-13)28(25,26)22-15-9-14(12-3-4-12)21-23(15)17-18-7-2-8-19-17/h2,5-9,12,22H,3-4,10H2,1H3,(H,20,24). The number of amides is 1. The summed E-state index contributed by atoms with van der Waals surface area (Å²) in [7, 11) is -3.81. The van der Waals surface area contributed by atoms with Gasteiger partial charge in [-0.05, 0) is 31.0 Å². The number of hydrogen-bond donors (Lipinski definition) is 2. The van der Waals surface area contributed by atoms with E-state index in [0.717, 1.165) is 34.7 Å². The zero-order chi connectivity index (χ0) is 19.7. The smallest absolute Gasteiger partial charge is 0.272 e. The van der Waals surface area contributed by atoms with E-state index in [-0.39, 0.29) is 16.7 Å². The van der Waals surface area contributed by atoms with Crippen LogP contribution in [0.15, 0.2) is 40.9 Å². The Labute approximate surface area is 165 Å². The van der Waals surface area contributed by atoms with Crippen molar-refractivity contribution in [3.05, 3.63) is 47.2 Å². The highest BCUT2D eigenvalue weighted by Crippen LogP contribution is 2.40. The van der Waals surface area contributed by atoms with Crippen molar-refractivity contribution in [3.63, 3.8) is 0 Å². The Morgan fingerprint density at radius 2 is 2.04 bits per heavy atom. The molecule has 0 saturated heterocycles. The van der Waals surface area contributed by atoms with Crippen molar-refractivity contribution in [1.29, 1.82) is 0 Å². The van der Waals surface area contributed by atoms with E-state index in [1.165, 1.54) is 17.7 Å². The van der Waals surface area contributed by atoms with Crippen LogP contribution in [0.3, 0.4) is 0 Å². The molecule has 1 aliphatic rings. The third kappa shape index (κ3) is 4.04. The van der Waals surface area contributed by atoms with Crippen LogP contribution in [0.5, 0.6) is 0 Å². The average molecular weight is 419 g/mol. The highest BCUT2D eigenvalue weighted by molar-refractivity contribution is 7.94. The quantitative estimate of drug-likeness (QED) is 0.606. The van der Waals surface area contributed by atoms with Gasteiger partial charge in [-0.1, -0.05) is 0 Å². The minimum atomic E-state index is -3.81. The van der Waals surface area contributed by atoms with E-state index in [9.17, 15) is 13.2 Å². The third-order valence-electron chi connectivity index (χ3n) is 4.12. The Bertz CT molecular complexity index is 1100. The van der Waals surface area contributed by atoms with Gasteiger partial charge in [-0.2, -0.15) is 9.78 Å². The number of anilines is 1. The summed E-state index contributed by atoms with van der Waals surface area (Å²) in [6.45, 7) is 1.70. The molecule has 0 atom stereocenters. The molecule has 9 nitrogen and oxygen atoms in total. The first-order chi connectivity index (χ1) is 13.4. The van der Waals surface area contributed by atoms with Crippen LogP contribution in [-0.4, -0.2) is 34.1 Å². The molecule has 0 aromatic carbocycles. The lowest BCUT2D eigenvalue weighted by Gasteiger charge is -2.08. The lowest BCUT2D eigenvalue weighted by molar-refractivity contribution is -0.119. The number of nitrogens with zero attached hydrogens (tertiary/aromatic N) is 4.